The Morgan fingerprint density at radius 1 is 0.232 bits per heavy atom. The van der Waals surface area contributed by atoms with Crippen molar-refractivity contribution in [2.75, 3.05) is 0 Å². The molecular formula is C54H36N2. The van der Waals surface area contributed by atoms with Crippen molar-refractivity contribution in [3.05, 3.63) is 218 Å². The second-order valence-corrected chi connectivity index (χ2v) is 14.1. The van der Waals surface area contributed by atoms with E-state index in [2.05, 4.69) is 206 Å². The zero-order valence-electron chi connectivity index (χ0n) is 30.7. The van der Waals surface area contributed by atoms with Gasteiger partial charge in [-0.25, -0.2) is 9.97 Å². The van der Waals surface area contributed by atoms with E-state index in [1.165, 1.54) is 60.7 Å². The first-order valence-corrected chi connectivity index (χ1v) is 19.1. The van der Waals surface area contributed by atoms with E-state index in [1.807, 2.05) is 12.1 Å². The lowest BCUT2D eigenvalue weighted by Gasteiger charge is -2.20. The molecule has 2 nitrogen and oxygen atoms in total. The Morgan fingerprint density at radius 3 is 1.05 bits per heavy atom. The number of rotatable bonds is 7. The van der Waals surface area contributed by atoms with Crippen LogP contribution in [0.15, 0.2) is 218 Å². The van der Waals surface area contributed by atoms with Crippen molar-refractivity contribution >= 4 is 21.5 Å². The molecule has 56 heavy (non-hydrogen) atoms. The first-order valence-electron chi connectivity index (χ1n) is 19.1. The monoisotopic (exact) mass is 712 g/mol. The van der Waals surface area contributed by atoms with Crippen molar-refractivity contribution in [1.29, 1.82) is 0 Å². The van der Waals surface area contributed by atoms with E-state index in [-0.39, 0.29) is 0 Å². The van der Waals surface area contributed by atoms with Gasteiger partial charge in [-0.3, -0.25) is 0 Å². The zero-order valence-corrected chi connectivity index (χ0v) is 30.7. The lowest BCUT2D eigenvalue weighted by Crippen LogP contribution is -1.97. The molecular weight excluding hydrogens is 677 g/mol. The number of benzene rings is 9. The van der Waals surface area contributed by atoms with E-state index in [0.29, 0.717) is 5.82 Å². The molecule has 0 saturated carbocycles. The molecule has 0 atom stereocenters. The second kappa shape index (κ2) is 14.4. The summed E-state index contributed by atoms with van der Waals surface area (Å²) in [5, 5.41) is 4.75. The summed E-state index contributed by atoms with van der Waals surface area (Å²) < 4.78 is 0. The van der Waals surface area contributed by atoms with Gasteiger partial charge in [-0.05, 0) is 84.3 Å². The van der Waals surface area contributed by atoms with Gasteiger partial charge in [-0.15, -0.1) is 0 Å². The first kappa shape index (κ1) is 33.2. The Kier molecular flexibility index (Phi) is 8.55. The number of nitrogens with zero attached hydrogens (tertiary/aromatic N) is 2. The van der Waals surface area contributed by atoms with E-state index < -0.39 is 0 Å². The van der Waals surface area contributed by atoms with E-state index >= 15 is 0 Å². The molecule has 0 spiro atoms. The van der Waals surface area contributed by atoms with E-state index in [0.717, 1.165) is 33.5 Å². The minimum atomic E-state index is 0.695. The lowest BCUT2D eigenvalue weighted by molar-refractivity contribution is 1.18. The number of fused-ring (bicyclic) bond motifs is 2. The van der Waals surface area contributed by atoms with E-state index in [1.54, 1.807) is 0 Å². The third-order valence-electron chi connectivity index (χ3n) is 10.7. The molecule has 10 rings (SSSR count). The molecule has 262 valence electrons. The molecule has 0 amide bonds. The van der Waals surface area contributed by atoms with Gasteiger partial charge in [0, 0.05) is 16.7 Å². The molecule has 9 aromatic carbocycles. The van der Waals surface area contributed by atoms with Crippen LogP contribution in [0.4, 0.5) is 0 Å². The molecule has 0 radical (unpaired) electrons. The Bertz CT molecular complexity index is 2920. The van der Waals surface area contributed by atoms with Crippen LogP contribution in [-0.2, 0) is 0 Å². The third kappa shape index (κ3) is 6.14. The van der Waals surface area contributed by atoms with Gasteiger partial charge in [0.25, 0.3) is 0 Å². The van der Waals surface area contributed by atoms with Crippen LogP contribution < -0.4 is 0 Å². The minimum absolute atomic E-state index is 0.695. The average molecular weight is 713 g/mol. The predicted octanol–water partition coefficient (Wildman–Crippen LogP) is 14.5. The minimum Gasteiger partial charge on any atom is -0.228 e. The van der Waals surface area contributed by atoms with E-state index in [9.17, 15) is 0 Å². The van der Waals surface area contributed by atoms with Crippen molar-refractivity contribution < 1.29 is 0 Å². The molecule has 0 fully saturated rings. The van der Waals surface area contributed by atoms with Crippen LogP contribution in [0.25, 0.3) is 100.0 Å². The van der Waals surface area contributed by atoms with Gasteiger partial charge in [0.05, 0.1) is 11.4 Å². The van der Waals surface area contributed by atoms with Crippen molar-refractivity contribution in [2.24, 2.45) is 0 Å². The van der Waals surface area contributed by atoms with Crippen LogP contribution in [0.5, 0.6) is 0 Å². The third-order valence-corrected chi connectivity index (χ3v) is 10.7. The summed E-state index contributed by atoms with van der Waals surface area (Å²) in [6.07, 6.45) is 0. The molecule has 2 heteroatoms. The molecule has 0 bridgehead atoms. The van der Waals surface area contributed by atoms with Crippen LogP contribution in [0, 0.1) is 0 Å². The summed E-state index contributed by atoms with van der Waals surface area (Å²) in [4.78, 5) is 10.4. The van der Waals surface area contributed by atoms with Crippen LogP contribution in [0.1, 0.15) is 0 Å². The fourth-order valence-corrected chi connectivity index (χ4v) is 8.06. The van der Waals surface area contributed by atoms with Gasteiger partial charge < -0.3 is 0 Å². The fraction of sp³-hybridized carbons (Fsp3) is 0. The van der Waals surface area contributed by atoms with Crippen LogP contribution in [0.3, 0.4) is 0 Å². The largest absolute Gasteiger partial charge is 0.228 e. The summed E-state index contributed by atoms with van der Waals surface area (Å²) in [6, 6.07) is 77.7. The molecule has 10 aromatic rings. The van der Waals surface area contributed by atoms with Crippen LogP contribution >= 0.6 is 0 Å². The van der Waals surface area contributed by atoms with Crippen LogP contribution in [0.2, 0.25) is 0 Å². The van der Waals surface area contributed by atoms with Crippen molar-refractivity contribution in [2.45, 2.75) is 0 Å². The molecule has 0 unspecified atom stereocenters. The van der Waals surface area contributed by atoms with Gasteiger partial charge in [-0.2, -0.15) is 0 Å². The molecule has 0 saturated heterocycles. The molecule has 0 N–H and O–H groups in total. The Labute approximate surface area is 327 Å². The number of aromatic nitrogens is 2. The van der Waals surface area contributed by atoms with Gasteiger partial charge in [-0.1, -0.05) is 200 Å². The highest BCUT2D eigenvalue weighted by Crippen LogP contribution is 2.46. The zero-order chi connectivity index (χ0) is 37.3. The smallest absolute Gasteiger partial charge is 0.160 e. The summed E-state index contributed by atoms with van der Waals surface area (Å²) in [5.41, 5.74) is 14.4. The summed E-state index contributed by atoms with van der Waals surface area (Å²) >= 11 is 0. The Morgan fingerprint density at radius 2 is 0.589 bits per heavy atom. The summed E-state index contributed by atoms with van der Waals surface area (Å²) in [6.45, 7) is 0. The van der Waals surface area contributed by atoms with Gasteiger partial charge in [0.1, 0.15) is 0 Å². The average Bonchev–Trinajstić information content (AvgIpc) is 3.29. The molecule has 0 aliphatic rings. The van der Waals surface area contributed by atoms with Crippen molar-refractivity contribution in [3.8, 4) is 78.4 Å². The van der Waals surface area contributed by atoms with E-state index in [4.69, 9.17) is 9.97 Å². The van der Waals surface area contributed by atoms with Crippen molar-refractivity contribution in [3.63, 3.8) is 0 Å². The predicted molar refractivity (Wildman–Crippen MR) is 235 cm³/mol. The quantitative estimate of drug-likeness (QED) is 0.154. The first-order chi connectivity index (χ1) is 27.8. The topological polar surface area (TPSA) is 25.8 Å². The summed E-state index contributed by atoms with van der Waals surface area (Å²) in [5.74, 6) is 0.695. The SMILES string of the molecule is c1ccc(-c2cc(-c3ccccc3)nc(-c3ccc4c(-c5ccccc5)c5cc(-c6ccccc6-c6ccccc6)ccc5c(-c5ccccc5)c4c3)n2)cc1. The molecule has 0 aliphatic heterocycles. The van der Waals surface area contributed by atoms with Gasteiger partial charge in [0.2, 0.25) is 0 Å². The fourth-order valence-electron chi connectivity index (χ4n) is 8.06. The van der Waals surface area contributed by atoms with Gasteiger partial charge in [0.15, 0.2) is 5.82 Å². The number of hydrogen-bond acceptors (Lipinski definition) is 2. The molecule has 1 heterocycles. The van der Waals surface area contributed by atoms with Gasteiger partial charge >= 0.3 is 0 Å². The summed E-state index contributed by atoms with van der Waals surface area (Å²) in [7, 11) is 0. The normalized spacial score (nSPS) is 11.2. The molecule has 0 aliphatic carbocycles. The highest BCUT2D eigenvalue weighted by atomic mass is 14.9. The molecule has 1 aromatic heterocycles. The highest BCUT2D eigenvalue weighted by molar-refractivity contribution is 6.22. The van der Waals surface area contributed by atoms with Crippen molar-refractivity contribution in [1.82, 2.24) is 9.97 Å². The highest BCUT2D eigenvalue weighted by Gasteiger charge is 2.20. The maximum atomic E-state index is 5.22. The Balaban J connectivity index is 1.26. The maximum absolute atomic E-state index is 5.22. The Hall–Kier alpha value is -7.42. The van der Waals surface area contributed by atoms with Crippen LogP contribution in [-0.4, -0.2) is 9.97 Å². The number of hydrogen-bond donors (Lipinski definition) is 0. The standard InChI is InChI=1S/C54H36N2/c1-6-18-37(19-7-1)44-28-16-17-29-45(44)42-30-32-46-48(34-42)52(40-24-12-4-13-25-40)47-33-31-43(35-49(47)53(46)41-26-14-5-15-27-41)54-55-50(38-20-8-2-9-21-38)36-51(56-54)39-22-10-3-11-23-39/h1-36H. The lowest BCUT2D eigenvalue weighted by atomic mass is 9.83. The second-order valence-electron chi connectivity index (χ2n) is 14.1. The maximum Gasteiger partial charge on any atom is 0.160 e.